The Morgan fingerprint density at radius 3 is 2.36 bits per heavy atom. The van der Waals surface area contributed by atoms with Crippen molar-refractivity contribution in [3.8, 4) is 0 Å². The lowest BCUT2D eigenvalue weighted by atomic mass is 9.76. The molecule has 0 unspecified atom stereocenters. The summed E-state index contributed by atoms with van der Waals surface area (Å²) >= 11 is 3.47. The second-order valence-electron chi connectivity index (χ2n) is 4.10. The summed E-state index contributed by atoms with van der Waals surface area (Å²) in [4.78, 5) is 0. The Morgan fingerprint density at radius 1 is 1.21 bits per heavy atom. The van der Waals surface area contributed by atoms with Crippen molar-refractivity contribution in [3.63, 3.8) is 0 Å². The van der Waals surface area contributed by atoms with Crippen molar-refractivity contribution in [2.24, 2.45) is 5.41 Å². The van der Waals surface area contributed by atoms with E-state index in [1.807, 2.05) is 0 Å². The van der Waals surface area contributed by atoms with Gasteiger partial charge in [0, 0.05) is 10.7 Å². The van der Waals surface area contributed by atoms with Crippen LogP contribution in [0.3, 0.4) is 0 Å². The molecule has 1 aliphatic rings. The molecule has 0 aromatic carbocycles. The van der Waals surface area contributed by atoms with E-state index in [0.717, 1.165) is 18.2 Å². The minimum absolute atomic E-state index is 0.118. The number of alkyl halides is 3. The molecule has 1 saturated carbocycles. The van der Waals surface area contributed by atoms with Gasteiger partial charge in [-0.05, 0) is 12.8 Å². The van der Waals surface area contributed by atoms with Crippen molar-refractivity contribution in [2.45, 2.75) is 38.5 Å². The zero-order valence-corrected chi connectivity index (χ0v) is 9.86. The van der Waals surface area contributed by atoms with Gasteiger partial charge in [-0.1, -0.05) is 35.2 Å². The summed E-state index contributed by atoms with van der Waals surface area (Å²) in [6.45, 7) is 0.0529. The Balaban J connectivity index is 2.29. The number of hydrogen-bond donors (Lipinski definition) is 0. The lowest BCUT2D eigenvalue weighted by molar-refractivity contribution is -0.0243. The molecule has 0 bridgehead atoms. The third kappa shape index (κ3) is 3.81. The summed E-state index contributed by atoms with van der Waals surface area (Å²) in [6, 6.07) is 0. The van der Waals surface area contributed by atoms with Crippen molar-refractivity contribution < 1.29 is 13.5 Å². The van der Waals surface area contributed by atoms with Crippen molar-refractivity contribution in [3.05, 3.63) is 0 Å². The van der Waals surface area contributed by atoms with Gasteiger partial charge in [-0.3, -0.25) is 0 Å². The highest BCUT2D eigenvalue weighted by atomic mass is 79.9. The summed E-state index contributed by atoms with van der Waals surface area (Å²) in [7, 11) is 0. The summed E-state index contributed by atoms with van der Waals surface area (Å²) in [5.41, 5.74) is 0.118. The Morgan fingerprint density at radius 2 is 1.86 bits per heavy atom. The van der Waals surface area contributed by atoms with Crippen LogP contribution in [0.4, 0.5) is 8.78 Å². The molecule has 0 heterocycles. The van der Waals surface area contributed by atoms with E-state index in [-0.39, 0.29) is 5.41 Å². The van der Waals surface area contributed by atoms with Crippen LogP contribution in [0.25, 0.3) is 0 Å². The molecule has 1 fully saturated rings. The van der Waals surface area contributed by atoms with Gasteiger partial charge in [0.2, 0.25) is 0 Å². The third-order valence-corrected chi connectivity index (χ3v) is 4.04. The molecule has 0 amide bonds. The summed E-state index contributed by atoms with van der Waals surface area (Å²) < 4.78 is 28.8. The molecule has 0 spiro atoms. The van der Waals surface area contributed by atoms with Crippen LogP contribution in [-0.2, 0) is 4.74 Å². The molecule has 0 saturated heterocycles. The summed E-state index contributed by atoms with van der Waals surface area (Å²) in [5, 5.41) is 0.864. The van der Waals surface area contributed by atoms with E-state index in [1.165, 1.54) is 19.3 Å². The largest absolute Gasteiger partial charge is 0.375 e. The molecule has 4 heteroatoms. The molecule has 0 aliphatic heterocycles. The molecule has 0 atom stereocenters. The Kier molecular flexibility index (Phi) is 5.31. The first kappa shape index (κ1) is 12.4. The molecular formula is C10H17BrF2O. The Labute approximate surface area is 92.3 Å². The minimum atomic E-state index is -2.34. The number of hydrogen-bond acceptors (Lipinski definition) is 1. The van der Waals surface area contributed by atoms with Crippen LogP contribution in [0.2, 0.25) is 0 Å². The van der Waals surface area contributed by atoms with Crippen molar-refractivity contribution in [1.82, 2.24) is 0 Å². The van der Waals surface area contributed by atoms with E-state index in [9.17, 15) is 8.78 Å². The lowest BCUT2D eigenvalue weighted by Gasteiger charge is -2.35. The summed E-state index contributed by atoms with van der Waals surface area (Å²) in [5.74, 6) is 0. The number of halogens is 3. The SMILES string of the molecule is FC(F)COCC1(CBr)CCCCC1. The molecule has 0 radical (unpaired) electrons. The van der Waals surface area contributed by atoms with Crippen LogP contribution in [-0.4, -0.2) is 25.0 Å². The van der Waals surface area contributed by atoms with Crippen LogP contribution < -0.4 is 0 Å². The third-order valence-electron chi connectivity index (χ3n) is 2.85. The van der Waals surface area contributed by atoms with Crippen LogP contribution in [0, 0.1) is 5.41 Å². The number of rotatable bonds is 5. The quantitative estimate of drug-likeness (QED) is 0.694. The molecule has 0 N–H and O–H groups in total. The van der Waals surface area contributed by atoms with E-state index in [4.69, 9.17) is 4.74 Å². The first-order chi connectivity index (χ1) is 6.68. The monoisotopic (exact) mass is 270 g/mol. The van der Waals surface area contributed by atoms with Gasteiger partial charge >= 0.3 is 0 Å². The van der Waals surface area contributed by atoms with Crippen molar-refractivity contribution in [2.75, 3.05) is 18.5 Å². The second-order valence-corrected chi connectivity index (χ2v) is 4.66. The predicted molar refractivity (Wildman–Crippen MR) is 56.1 cm³/mol. The van der Waals surface area contributed by atoms with Gasteiger partial charge in [0.05, 0.1) is 6.61 Å². The fraction of sp³-hybridized carbons (Fsp3) is 1.00. The molecular weight excluding hydrogens is 254 g/mol. The topological polar surface area (TPSA) is 9.23 Å². The maximum atomic E-state index is 11.9. The fourth-order valence-corrected chi connectivity index (χ4v) is 2.71. The highest BCUT2D eigenvalue weighted by Gasteiger charge is 2.31. The van der Waals surface area contributed by atoms with Gasteiger partial charge in [0.15, 0.2) is 0 Å². The second kappa shape index (κ2) is 6.01. The van der Waals surface area contributed by atoms with Gasteiger partial charge < -0.3 is 4.74 Å². The van der Waals surface area contributed by atoms with Crippen LogP contribution in [0.1, 0.15) is 32.1 Å². The molecule has 1 aliphatic carbocycles. The maximum absolute atomic E-state index is 11.9. The van der Waals surface area contributed by atoms with Gasteiger partial charge in [0.1, 0.15) is 6.61 Å². The lowest BCUT2D eigenvalue weighted by Crippen LogP contribution is -2.32. The predicted octanol–water partition coefficient (Wildman–Crippen LogP) is 3.61. The normalized spacial score (nSPS) is 21.4. The average molecular weight is 271 g/mol. The first-order valence-corrected chi connectivity index (χ1v) is 6.22. The van der Waals surface area contributed by atoms with Gasteiger partial charge in [-0.2, -0.15) is 0 Å². The zero-order chi connectivity index (χ0) is 10.4. The Hall–Kier alpha value is 0.300. The summed E-state index contributed by atoms with van der Waals surface area (Å²) in [6.07, 6.45) is 3.52. The van der Waals surface area contributed by atoms with E-state index < -0.39 is 13.0 Å². The zero-order valence-electron chi connectivity index (χ0n) is 8.28. The van der Waals surface area contributed by atoms with E-state index in [2.05, 4.69) is 15.9 Å². The van der Waals surface area contributed by atoms with Crippen LogP contribution in [0.5, 0.6) is 0 Å². The highest BCUT2D eigenvalue weighted by Crippen LogP contribution is 2.38. The molecule has 14 heavy (non-hydrogen) atoms. The molecule has 1 nitrogen and oxygen atoms in total. The van der Waals surface area contributed by atoms with Crippen LogP contribution in [0.15, 0.2) is 0 Å². The fourth-order valence-electron chi connectivity index (χ4n) is 1.98. The van der Waals surface area contributed by atoms with Crippen molar-refractivity contribution >= 4 is 15.9 Å². The van der Waals surface area contributed by atoms with Crippen LogP contribution >= 0.6 is 15.9 Å². The molecule has 84 valence electrons. The van der Waals surface area contributed by atoms with Crippen molar-refractivity contribution in [1.29, 1.82) is 0 Å². The highest BCUT2D eigenvalue weighted by molar-refractivity contribution is 9.09. The maximum Gasteiger partial charge on any atom is 0.261 e. The average Bonchev–Trinajstić information content (AvgIpc) is 2.19. The molecule has 0 aromatic rings. The molecule has 1 rings (SSSR count). The van der Waals surface area contributed by atoms with Gasteiger partial charge in [-0.15, -0.1) is 0 Å². The minimum Gasteiger partial charge on any atom is -0.375 e. The van der Waals surface area contributed by atoms with E-state index >= 15 is 0 Å². The number of ether oxygens (including phenoxy) is 1. The van der Waals surface area contributed by atoms with Gasteiger partial charge in [-0.25, -0.2) is 8.78 Å². The standard InChI is InChI=1S/C10H17BrF2O/c11-7-10(4-2-1-3-5-10)8-14-6-9(12)13/h9H,1-8H2. The Bertz CT molecular complexity index is 158. The first-order valence-electron chi connectivity index (χ1n) is 5.10. The van der Waals surface area contributed by atoms with Gasteiger partial charge in [0.25, 0.3) is 6.43 Å². The smallest absolute Gasteiger partial charge is 0.261 e. The van der Waals surface area contributed by atoms with E-state index in [1.54, 1.807) is 0 Å². The van der Waals surface area contributed by atoms with E-state index in [0.29, 0.717) is 6.61 Å². The molecule has 0 aromatic heterocycles.